The molecule has 1 aromatic rings. The Bertz CT molecular complexity index is 420. The lowest BCUT2D eigenvalue weighted by molar-refractivity contribution is 0.586. The van der Waals surface area contributed by atoms with Crippen molar-refractivity contribution >= 4 is 0 Å². The minimum absolute atomic E-state index is 0.112. The van der Waals surface area contributed by atoms with Gasteiger partial charge in [-0.3, -0.25) is 4.79 Å². The number of aryl methyl sites for hydroxylation is 1. The van der Waals surface area contributed by atoms with Gasteiger partial charge in [0.25, 0.3) is 5.56 Å². The van der Waals surface area contributed by atoms with Crippen molar-refractivity contribution in [2.75, 3.05) is 0 Å². The van der Waals surface area contributed by atoms with Crippen LogP contribution in [0.3, 0.4) is 0 Å². The number of aromatic nitrogens is 1. The molecular weight excluding hydrogens is 188 g/mol. The van der Waals surface area contributed by atoms with Gasteiger partial charge in [0, 0.05) is 24.3 Å². The number of pyridine rings is 1. The molecule has 2 rings (SSSR count). The first-order valence-corrected chi connectivity index (χ1v) is 5.72. The topological polar surface area (TPSA) is 48.0 Å². The monoisotopic (exact) mass is 206 g/mol. The van der Waals surface area contributed by atoms with Crippen molar-refractivity contribution in [1.82, 2.24) is 4.57 Å². The minimum Gasteiger partial charge on any atom is -0.326 e. The zero-order valence-electron chi connectivity index (χ0n) is 9.25. The van der Waals surface area contributed by atoms with Crippen LogP contribution in [-0.2, 0) is 25.9 Å². The van der Waals surface area contributed by atoms with Gasteiger partial charge in [-0.25, -0.2) is 0 Å². The lowest BCUT2D eigenvalue weighted by Crippen LogP contribution is -2.30. The van der Waals surface area contributed by atoms with Crippen molar-refractivity contribution in [2.24, 2.45) is 5.73 Å². The van der Waals surface area contributed by atoms with Crippen LogP contribution < -0.4 is 11.3 Å². The first-order valence-electron chi connectivity index (χ1n) is 5.72. The van der Waals surface area contributed by atoms with Crippen molar-refractivity contribution in [2.45, 2.75) is 45.7 Å². The third kappa shape index (κ3) is 1.72. The zero-order valence-corrected chi connectivity index (χ0v) is 9.25. The van der Waals surface area contributed by atoms with E-state index in [-0.39, 0.29) is 5.56 Å². The van der Waals surface area contributed by atoms with E-state index in [1.165, 1.54) is 24.1 Å². The lowest BCUT2D eigenvalue weighted by Gasteiger charge is -2.21. The molecule has 0 unspecified atom stereocenters. The van der Waals surface area contributed by atoms with Crippen LogP contribution in [0, 0.1) is 0 Å². The molecule has 0 aliphatic heterocycles. The first-order chi connectivity index (χ1) is 7.27. The third-order valence-electron chi connectivity index (χ3n) is 3.21. The molecule has 82 valence electrons. The van der Waals surface area contributed by atoms with Crippen LogP contribution in [0.1, 0.15) is 36.6 Å². The minimum atomic E-state index is 0.112. The van der Waals surface area contributed by atoms with Crippen LogP contribution in [0.15, 0.2) is 10.9 Å². The maximum Gasteiger partial charge on any atom is 0.255 e. The van der Waals surface area contributed by atoms with Crippen LogP contribution >= 0.6 is 0 Å². The smallest absolute Gasteiger partial charge is 0.255 e. The fourth-order valence-corrected chi connectivity index (χ4v) is 2.43. The summed E-state index contributed by atoms with van der Waals surface area (Å²) >= 11 is 0. The molecule has 0 amide bonds. The Morgan fingerprint density at radius 3 is 2.80 bits per heavy atom. The van der Waals surface area contributed by atoms with E-state index in [0.717, 1.165) is 24.9 Å². The summed E-state index contributed by atoms with van der Waals surface area (Å²) in [7, 11) is 0. The quantitative estimate of drug-likeness (QED) is 0.790. The summed E-state index contributed by atoms with van der Waals surface area (Å²) in [5, 5.41) is 0. The second-order valence-corrected chi connectivity index (χ2v) is 4.10. The van der Waals surface area contributed by atoms with Gasteiger partial charge in [0.1, 0.15) is 0 Å². The Labute approximate surface area is 89.9 Å². The number of nitrogens with zero attached hydrogens (tertiary/aromatic N) is 1. The Kier molecular flexibility index (Phi) is 2.91. The van der Waals surface area contributed by atoms with Gasteiger partial charge in [-0.1, -0.05) is 0 Å². The van der Waals surface area contributed by atoms with Crippen LogP contribution in [0.25, 0.3) is 0 Å². The molecule has 15 heavy (non-hydrogen) atoms. The van der Waals surface area contributed by atoms with Gasteiger partial charge < -0.3 is 10.3 Å². The zero-order chi connectivity index (χ0) is 10.8. The maximum absolute atomic E-state index is 12.0. The molecule has 1 aromatic heterocycles. The second-order valence-electron chi connectivity index (χ2n) is 4.10. The van der Waals surface area contributed by atoms with E-state index in [1.54, 1.807) is 0 Å². The van der Waals surface area contributed by atoms with Crippen molar-refractivity contribution in [1.29, 1.82) is 0 Å². The van der Waals surface area contributed by atoms with Gasteiger partial charge in [-0.05, 0) is 44.2 Å². The highest BCUT2D eigenvalue weighted by Gasteiger charge is 2.15. The fraction of sp³-hybridized carbons (Fsp3) is 0.583. The molecule has 0 bridgehead atoms. The largest absolute Gasteiger partial charge is 0.326 e. The van der Waals surface area contributed by atoms with E-state index in [2.05, 4.69) is 0 Å². The number of nitrogens with two attached hydrogens (primary N) is 1. The average molecular weight is 206 g/mol. The predicted octanol–water partition coefficient (Wildman–Crippen LogP) is 1.21. The van der Waals surface area contributed by atoms with E-state index < -0.39 is 0 Å². The summed E-state index contributed by atoms with van der Waals surface area (Å²) < 4.78 is 1.90. The van der Waals surface area contributed by atoms with Gasteiger partial charge >= 0.3 is 0 Å². The normalized spacial score (nSPS) is 15.1. The SMILES string of the molecule is CCn1c2c(cc(CN)c1=O)CCCC2. The molecule has 1 aliphatic rings. The highest BCUT2D eigenvalue weighted by atomic mass is 16.1. The molecule has 0 saturated carbocycles. The van der Waals surface area contributed by atoms with Crippen molar-refractivity contribution < 1.29 is 0 Å². The maximum atomic E-state index is 12.0. The standard InChI is InChI=1S/C12H18N2O/c1-2-14-11-6-4-3-5-9(11)7-10(8-13)12(14)15/h7H,2-6,8,13H2,1H3. The average Bonchev–Trinajstić information content (AvgIpc) is 2.28. The summed E-state index contributed by atoms with van der Waals surface area (Å²) in [5.74, 6) is 0. The van der Waals surface area contributed by atoms with Crippen LogP contribution in [0.2, 0.25) is 0 Å². The molecule has 1 aliphatic carbocycles. The Hall–Kier alpha value is -1.09. The molecule has 0 radical (unpaired) electrons. The lowest BCUT2D eigenvalue weighted by atomic mass is 9.94. The van der Waals surface area contributed by atoms with Crippen molar-refractivity contribution in [3.05, 3.63) is 33.2 Å². The highest BCUT2D eigenvalue weighted by Crippen LogP contribution is 2.20. The summed E-state index contributed by atoms with van der Waals surface area (Å²) in [4.78, 5) is 12.0. The van der Waals surface area contributed by atoms with Gasteiger partial charge in [-0.15, -0.1) is 0 Å². The Morgan fingerprint density at radius 1 is 1.40 bits per heavy atom. The Balaban J connectivity index is 2.63. The third-order valence-corrected chi connectivity index (χ3v) is 3.21. The molecular formula is C12H18N2O. The van der Waals surface area contributed by atoms with E-state index in [9.17, 15) is 4.79 Å². The van der Waals surface area contributed by atoms with Crippen molar-refractivity contribution in [3.8, 4) is 0 Å². The number of hydrogen-bond acceptors (Lipinski definition) is 2. The molecule has 2 N–H and O–H groups in total. The molecule has 0 atom stereocenters. The van der Waals surface area contributed by atoms with Crippen LogP contribution in [-0.4, -0.2) is 4.57 Å². The van der Waals surface area contributed by atoms with Crippen LogP contribution in [0.4, 0.5) is 0 Å². The highest BCUT2D eigenvalue weighted by molar-refractivity contribution is 5.28. The summed E-state index contributed by atoms with van der Waals surface area (Å²) in [5.41, 5.74) is 9.05. The first kappa shape index (κ1) is 10.4. The van der Waals surface area contributed by atoms with E-state index >= 15 is 0 Å². The summed E-state index contributed by atoms with van der Waals surface area (Å²) in [6, 6.07) is 2.02. The molecule has 0 fully saturated rings. The molecule has 0 spiro atoms. The second kappa shape index (κ2) is 4.19. The molecule has 3 heteroatoms. The van der Waals surface area contributed by atoms with E-state index in [1.807, 2.05) is 17.6 Å². The fourth-order valence-electron chi connectivity index (χ4n) is 2.43. The molecule has 3 nitrogen and oxygen atoms in total. The molecule has 1 heterocycles. The number of rotatable bonds is 2. The van der Waals surface area contributed by atoms with E-state index in [4.69, 9.17) is 5.73 Å². The number of fused-ring (bicyclic) bond motifs is 1. The van der Waals surface area contributed by atoms with Gasteiger partial charge in [-0.2, -0.15) is 0 Å². The van der Waals surface area contributed by atoms with Gasteiger partial charge in [0.05, 0.1) is 0 Å². The van der Waals surface area contributed by atoms with Crippen molar-refractivity contribution in [3.63, 3.8) is 0 Å². The summed E-state index contributed by atoms with van der Waals surface area (Å²) in [6.45, 7) is 3.14. The Morgan fingerprint density at radius 2 is 2.13 bits per heavy atom. The van der Waals surface area contributed by atoms with Crippen LogP contribution in [0.5, 0.6) is 0 Å². The number of hydrogen-bond donors (Lipinski definition) is 1. The summed E-state index contributed by atoms with van der Waals surface area (Å²) in [6.07, 6.45) is 4.58. The molecule has 0 aromatic carbocycles. The predicted molar refractivity (Wildman–Crippen MR) is 60.9 cm³/mol. The van der Waals surface area contributed by atoms with Gasteiger partial charge in [0.15, 0.2) is 0 Å². The van der Waals surface area contributed by atoms with Gasteiger partial charge in [0.2, 0.25) is 0 Å². The molecule has 0 saturated heterocycles. The van der Waals surface area contributed by atoms with E-state index in [0.29, 0.717) is 6.54 Å².